The molecule has 1 aromatic rings. The molecule has 1 aromatic carbocycles. The SMILES string of the molecule is C=C(C)CNC(=C)C(=C)C(NC(=C)C1CCC2CN(S(=C)(=C)Cc3ccccc3)CC(=C)N21)C1CCC(N)CC1. The number of nitrogens with one attached hydrogen (secondary N) is 2. The lowest BCUT2D eigenvalue weighted by molar-refractivity contribution is 0.184. The Hall–Kier alpha value is -2.67. The molecule has 0 amide bonds. The normalized spacial score (nSPS) is 26.1. The van der Waals surface area contributed by atoms with E-state index in [2.05, 4.69) is 94.8 Å². The van der Waals surface area contributed by atoms with E-state index in [0.717, 1.165) is 85.6 Å². The lowest BCUT2D eigenvalue weighted by atomic mass is 9.78. The quantitative estimate of drug-likeness (QED) is 0.175. The van der Waals surface area contributed by atoms with Gasteiger partial charge in [-0.05, 0) is 62.5 Å². The van der Waals surface area contributed by atoms with Crippen molar-refractivity contribution < 1.29 is 0 Å². The highest BCUT2D eigenvalue weighted by molar-refractivity contribution is 8.25. The van der Waals surface area contributed by atoms with Crippen molar-refractivity contribution in [2.45, 2.75) is 75.4 Å². The molecular formula is C34H51N5S. The monoisotopic (exact) mass is 561 g/mol. The molecule has 1 saturated carbocycles. The molecule has 2 heterocycles. The van der Waals surface area contributed by atoms with Crippen molar-refractivity contribution in [2.75, 3.05) is 19.6 Å². The van der Waals surface area contributed by atoms with Crippen molar-refractivity contribution in [2.24, 2.45) is 11.7 Å². The van der Waals surface area contributed by atoms with Gasteiger partial charge in [-0.25, -0.2) is 0 Å². The predicted molar refractivity (Wildman–Crippen MR) is 178 cm³/mol. The standard InChI is InChI=1S/C34H51N5S/c1-24(2)20-36-27(5)26(4)34(30-14-16-31(35)17-15-30)37-28(6)33-19-18-32-22-38(21-25(3)39(32)33)40(7,8)23-29-12-10-9-11-13-29/h9-13,30-34,36-37H,1,3-8,14-23,35H2,2H3. The third kappa shape index (κ3) is 7.15. The number of hydrogen-bond donors (Lipinski definition) is 3. The second kappa shape index (κ2) is 12.9. The molecule has 1 aliphatic carbocycles. The van der Waals surface area contributed by atoms with Gasteiger partial charge in [-0.3, -0.25) is 4.31 Å². The van der Waals surface area contributed by atoms with Crippen LogP contribution in [0.2, 0.25) is 0 Å². The van der Waals surface area contributed by atoms with E-state index >= 15 is 0 Å². The van der Waals surface area contributed by atoms with Crippen molar-refractivity contribution in [3.63, 3.8) is 0 Å². The Kier molecular flexibility index (Phi) is 9.76. The number of hydrogen-bond acceptors (Lipinski definition) is 5. The van der Waals surface area contributed by atoms with Gasteiger partial charge in [0.05, 0.1) is 12.1 Å². The fourth-order valence-electron chi connectivity index (χ4n) is 6.56. The Morgan fingerprint density at radius 2 is 1.70 bits per heavy atom. The molecule has 4 rings (SSSR count). The molecule has 2 aliphatic heterocycles. The molecule has 5 nitrogen and oxygen atoms in total. The van der Waals surface area contributed by atoms with E-state index < -0.39 is 9.39 Å². The van der Waals surface area contributed by atoms with Crippen molar-refractivity contribution in [3.8, 4) is 0 Å². The average molecular weight is 562 g/mol. The summed E-state index contributed by atoms with van der Waals surface area (Å²) in [6.45, 7) is 26.5. The molecule has 4 N–H and O–H groups in total. The van der Waals surface area contributed by atoms with Gasteiger partial charge in [-0.1, -0.05) is 80.5 Å². The van der Waals surface area contributed by atoms with Crippen LogP contribution in [-0.2, 0) is 5.75 Å². The minimum absolute atomic E-state index is 0.0707. The van der Waals surface area contributed by atoms with Crippen LogP contribution >= 0.6 is 9.39 Å². The largest absolute Gasteiger partial charge is 0.382 e. The zero-order valence-corrected chi connectivity index (χ0v) is 25.5. The highest BCUT2D eigenvalue weighted by Crippen LogP contribution is 2.41. The Morgan fingerprint density at radius 3 is 2.35 bits per heavy atom. The maximum absolute atomic E-state index is 6.26. The van der Waals surface area contributed by atoms with Crippen molar-refractivity contribution in [1.29, 1.82) is 0 Å². The molecule has 0 bridgehead atoms. The fraction of sp³-hybridized carbons (Fsp3) is 0.471. The van der Waals surface area contributed by atoms with Crippen molar-refractivity contribution in [1.82, 2.24) is 19.8 Å². The summed E-state index contributed by atoms with van der Waals surface area (Å²) in [6.07, 6.45) is 6.41. The minimum Gasteiger partial charge on any atom is -0.382 e. The molecule has 218 valence electrons. The highest BCUT2D eigenvalue weighted by Gasteiger charge is 2.41. The van der Waals surface area contributed by atoms with E-state index in [1.54, 1.807) is 0 Å². The van der Waals surface area contributed by atoms with E-state index in [1.807, 2.05) is 6.92 Å². The van der Waals surface area contributed by atoms with Crippen molar-refractivity contribution >= 4 is 21.1 Å². The van der Waals surface area contributed by atoms with Gasteiger partial charge < -0.3 is 21.3 Å². The number of nitrogens with zero attached hydrogens (tertiary/aromatic N) is 2. The molecule has 2 saturated heterocycles. The zero-order valence-electron chi connectivity index (χ0n) is 24.7. The number of benzene rings is 1. The molecule has 3 fully saturated rings. The zero-order chi connectivity index (χ0) is 29.0. The third-order valence-electron chi connectivity index (χ3n) is 8.86. The Labute approximate surface area is 244 Å². The van der Waals surface area contributed by atoms with E-state index in [9.17, 15) is 0 Å². The van der Waals surface area contributed by atoms with E-state index in [0.29, 0.717) is 24.5 Å². The van der Waals surface area contributed by atoms with Crippen LogP contribution < -0.4 is 16.4 Å². The Morgan fingerprint density at radius 1 is 1.02 bits per heavy atom. The second-order valence-electron chi connectivity index (χ2n) is 12.3. The topological polar surface area (TPSA) is 56.6 Å². The first kappa shape index (κ1) is 30.3. The van der Waals surface area contributed by atoms with Crippen LogP contribution in [-0.4, -0.2) is 64.7 Å². The molecule has 6 heteroatoms. The van der Waals surface area contributed by atoms with Gasteiger partial charge in [0.25, 0.3) is 0 Å². The van der Waals surface area contributed by atoms with Gasteiger partial charge in [0, 0.05) is 54.6 Å². The van der Waals surface area contributed by atoms with Crippen LogP contribution in [0.5, 0.6) is 0 Å². The number of piperazine rings is 1. The first-order chi connectivity index (χ1) is 19.0. The summed E-state index contributed by atoms with van der Waals surface area (Å²) in [4.78, 5) is 2.52. The lowest BCUT2D eigenvalue weighted by Crippen LogP contribution is -2.52. The lowest BCUT2D eigenvalue weighted by Gasteiger charge is -2.46. The molecule has 0 radical (unpaired) electrons. The molecule has 40 heavy (non-hydrogen) atoms. The molecule has 0 aromatic heterocycles. The summed E-state index contributed by atoms with van der Waals surface area (Å²) in [7, 11) is -1.45. The first-order valence-electron chi connectivity index (χ1n) is 14.7. The van der Waals surface area contributed by atoms with Gasteiger partial charge in [0.15, 0.2) is 0 Å². The van der Waals surface area contributed by atoms with Crippen LogP contribution in [0.15, 0.2) is 91.5 Å². The summed E-state index contributed by atoms with van der Waals surface area (Å²) >= 11 is 0. The van der Waals surface area contributed by atoms with E-state index in [1.165, 1.54) is 5.56 Å². The second-order valence-corrected chi connectivity index (χ2v) is 15.1. The van der Waals surface area contributed by atoms with Gasteiger partial charge >= 0.3 is 0 Å². The van der Waals surface area contributed by atoms with Crippen LogP contribution in [0.3, 0.4) is 0 Å². The summed E-state index contributed by atoms with van der Waals surface area (Å²) < 4.78 is 2.50. The highest BCUT2D eigenvalue weighted by atomic mass is 32.2. The maximum atomic E-state index is 6.26. The smallest absolute Gasteiger partial charge is 0.0684 e. The molecular weight excluding hydrogens is 510 g/mol. The predicted octanol–water partition coefficient (Wildman–Crippen LogP) is 5.66. The molecule has 3 atom stereocenters. The third-order valence-corrected chi connectivity index (χ3v) is 11.1. The van der Waals surface area contributed by atoms with E-state index in [4.69, 9.17) is 5.73 Å². The Bertz CT molecular complexity index is 1220. The number of fused-ring (bicyclic) bond motifs is 1. The van der Waals surface area contributed by atoms with Crippen LogP contribution in [0, 0.1) is 5.92 Å². The van der Waals surface area contributed by atoms with Crippen LogP contribution in [0.1, 0.15) is 51.0 Å². The Balaban J connectivity index is 1.44. The van der Waals surface area contributed by atoms with Crippen molar-refractivity contribution in [3.05, 3.63) is 97.0 Å². The summed E-state index contributed by atoms with van der Waals surface area (Å²) in [6, 6.07) is 11.6. The molecule has 0 spiro atoms. The summed E-state index contributed by atoms with van der Waals surface area (Å²) in [5, 5.41) is 7.28. The first-order valence-corrected chi connectivity index (χ1v) is 16.8. The number of nitrogens with two attached hydrogens (primary N) is 1. The molecule has 3 aliphatic rings. The molecule has 3 unspecified atom stereocenters. The van der Waals surface area contributed by atoms with Gasteiger partial charge in [-0.15, -0.1) is 0 Å². The summed E-state index contributed by atoms with van der Waals surface area (Å²) in [5.74, 6) is 10.6. The average Bonchev–Trinajstić information content (AvgIpc) is 3.36. The summed E-state index contributed by atoms with van der Waals surface area (Å²) in [5.41, 5.74) is 12.7. The van der Waals surface area contributed by atoms with Crippen LogP contribution in [0.4, 0.5) is 0 Å². The minimum atomic E-state index is -1.45. The van der Waals surface area contributed by atoms with E-state index in [-0.39, 0.29) is 12.1 Å². The van der Waals surface area contributed by atoms with Gasteiger partial charge in [0.2, 0.25) is 0 Å². The fourth-order valence-corrected chi connectivity index (χ4v) is 8.47. The van der Waals surface area contributed by atoms with Crippen LogP contribution in [0.25, 0.3) is 0 Å². The van der Waals surface area contributed by atoms with Gasteiger partial charge in [-0.2, -0.15) is 9.39 Å². The van der Waals surface area contributed by atoms with Gasteiger partial charge in [0.1, 0.15) is 0 Å². The maximum Gasteiger partial charge on any atom is 0.0684 e. The number of rotatable bonds is 12.